The predicted octanol–water partition coefficient (Wildman–Crippen LogP) is 3.66. The number of carbonyl (C=O) groups excluding carboxylic acids is 1. The number of allylic oxidation sites excluding steroid dienone is 2. The Morgan fingerprint density at radius 2 is 1.94 bits per heavy atom. The first kappa shape index (κ1) is 12.9. The molecule has 0 aliphatic heterocycles. The summed E-state index contributed by atoms with van der Waals surface area (Å²) >= 11 is 0. The third-order valence-corrected chi connectivity index (χ3v) is 3.25. The van der Waals surface area contributed by atoms with Gasteiger partial charge in [-0.15, -0.1) is 0 Å². The Bertz CT molecular complexity index is 432. The number of unbranched alkanes of at least 4 members (excludes halogenated alkanes) is 1. The van der Waals surface area contributed by atoms with Crippen molar-refractivity contribution in [1.29, 1.82) is 0 Å². The first-order valence-electron chi connectivity index (χ1n) is 6.73. The Labute approximate surface area is 109 Å². The van der Waals surface area contributed by atoms with Crippen LogP contribution in [0, 0.1) is 0 Å². The van der Waals surface area contributed by atoms with Gasteiger partial charge in [-0.2, -0.15) is 0 Å². The first-order chi connectivity index (χ1) is 8.81. The number of benzene rings is 1. The zero-order chi connectivity index (χ0) is 12.8. The molecular weight excluding hydrogens is 224 g/mol. The van der Waals surface area contributed by atoms with Gasteiger partial charge in [-0.05, 0) is 12.0 Å². The molecule has 0 bridgehead atoms. The number of ketones is 1. The van der Waals surface area contributed by atoms with Crippen LogP contribution in [0.25, 0.3) is 0 Å². The molecular formula is C16H20O2. The molecule has 1 aromatic rings. The molecule has 0 saturated heterocycles. The maximum atomic E-state index is 11.9. The maximum Gasteiger partial charge on any atom is 0.162 e. The van der Waals surface area contributed by atoms with Crippen molar-refractivity contribution < 1.29 is 9.53 Å². The van der Waals surface area contributed by atoms with Gasteiger partial charge in [-0.3, -0.25) is 4.79 Å². The van der Waals surface area contributed by atoms with Crippen LogP contribution in [0.2, 0.25) is 0 Å². The monoisotopic (exact) mass is 244 g/mol. The summed E-state index contributed by atoms with van der Waals surface area (Å²) in [5.74, 6) is 1.18. The molecule has 2 nitrogen and oxygen atoms in total. The number of ether oxygens (including phenoxy) is 1. The van der Waals surface area contributed by atoms with Crippen molar-refractivity contribution in [3.05, 3.63) is 47.2 Å². The molecule has 0 heterocycles. The fraction of sp³-hybridized carbons (Fsp3) is 0.438. The van der Waals surface area contributed by atoms with Crippen LogP contribution in [0.3, 0.4) is 0 Å². The average Bonchev–Trinajstić information content (AvgIpc) is 2.73. The normalized spacial score (nSPS) is 15.3. The lowest BCUT2D eigenvalue weighted by Gasteiger charge is -2.09. The minimum absolute atomic E-state index is 0.255. The quantitative estimate of drug-likeness (QED) is 0.714. The highest BCUT2D eigenvalue weighted by Gasteiger charge is 2.24. The average molecular weight is 244 g/mol. The van der Waals surface area contributed by atoms with Crippen molar-refractivity contribution in [3.8, 4) is 0 Å². The maximum absolute atomic E-state index is 11.9. The van der Waals surface area contributed by atoms with Crippen LogP contribution < -0.4 is 0 Å². The molecule has 0 N–H and O–H groups in total. The van der Waals surface area contributed by atoms with E-state index in [0.29, 0.717) is 12.8 Å². The van der Waals surface area contributed by atoms with Crippen molar-refractivity contribution in [2.45, 2.75) is 39.0 Å². The number of hydrogen-bond donors (Lipinski definition) is 0. The number of rotatable bonds is 6. The zero-order valence-corrected chi connectivity index (χ0v) is 10.9. The summed E-state index contributed by atoms with van der Waals surface area (Å²) < 4.78 is 5.76. The van der Waals surface area contributed by atoms with E-state index >= 15 is 0 Å². The minimum Gasteiger partial charge on any atom is -0.497 e. The summed E-state index contributed by atoms with van der Waals surface area (Å²) in [6, 6.07) is 10.1. The molecule has 1 aliphatic rings. The highest BCUT2D eigenvalue weighted by atomic mass is 16.5. The van der Waals surface area contributed by atoms with Crippen molar-refractivity contribution in [1.82, 2.24) is 0 Å². The van der Waals surface area contributed by atoms with E-state index in [1.54, 1.807) is 0 Å². The van der Waals surface area contributed by atoms with E-state index in [1.165, 1.54) is 5.56 Å². The third kappa shape index (κ3) is 3.22. The highest BCUT2D eigenvalue weighted by Crippen LogP contribution is 2.27. The molecule has 0 unspecified atom stereocenters. The lowest BCUT2D eigenvalue weighted by atomic mass is 10.0. The Morgan fingerprint density at radius 1 is 1.17 bits per heavy atom. The summed E-state index contributed by atoms with van der Waals surface area (Å²) in [4.78, 5) is 11.9. The second kappa shape index (κ2) is 6.39. The van der Waals surface area contributed by atoms with Crippen LogP contribution in [0.4, 0.5) is 0 Å². The lowest BCUT2D eigenvalue weighted by Crippen LogP contribution is -2.02. The number of hydrogen-bond acceptors (Lipinski definition) is 2. The van der Waals surface area contributed by atoms with Crippen LogP contribution in [-0.4, -0.2) is 12.4 Å². The number of carbonyl (C=O) groups is 1. The van der Waals surface area contributed by atoms with Gasteiger partial charge in [0.1, 0.15) is 5.76 Å². The fourth-order valence-electron chi connectivity index (χ4n) is 2.18. The molecule has 0 spiro atoms. The molecule has 0 radical (unpaired) electrons. The predicted molar refractivity (Wildman–Crippen MR) is 72.3 cm³/mol. The summed E-state index contributed by atoms with van der Waals surface area (Å²) in [5, 5.41) is 0. The molecule has 0 saturated carbocycles. The van der Waals surface area contributed by atoms with Gasteiger partial charge < -0.3 is 4.74 Å². The number of Topliss-reactive ketones (excluding diaryl/α,β-unsaturated/α-hetero) is 1. The van der Waals surface area contributed by atoms with Crippen LogP contribution in [0.1, 0.15) is 38.2 Å². The van der Waals surface area contributed by atoms with E-state index < -0.39 is 0 Å². The Kier molecular flexibility index (Phi) is 4.57. The van der Waals surface area contributed by atoms with E-state index in [9.17, 15) is 4.79 Å². The topological polar surface area (TPSA) is 26.3 Å². The molecule has 2 rings (SSSR count). The highest BCUT2D eigenvalue weighted by molar-refractivity contribution is 5.98. The molecule has 1 aliphatic carbocycles. The summed E-state index contributed by atoms with van der Waals surface area (Å²) in [7, 11) is 0. The van der Waals surface area contributed by atoms with Crippen LogP contribution in [-0.2, 0) is 16.0 Å². The Hall–Kier alpha value is -1.57. The van der Waals surface area contributed by atoms with Crippen molar-refractivity contribution in [2.75, 3.05) is 6.61 Å². The van der Waals surface area contributed by atoms with Gasteiger partial charge in [-0.25, -0.2) is 0 Å². The lowest BCUT2D eigenvalue weighted by molar-refractivity contribution is -0.115. The third-order valence-electron chi connectivity index (χ3n) is 3.25. The SMILES string of the molecule is CCCCOC1=C(Cc2ccccc2)C(=O)CC1. The Balaban J connectivity index is 2.06. The van der Waals surface area contributed by atoms with Gasteiger partial charge in [0, 0.05) is 24.8 Å². The van der Waals surface area contributed by atoms with Gasteiger partial charge in [0.2, 0.25) is 0 Å². The van der Waals surface area contributed by atoms with Gasteiger partial charge in [0.15, 0.2) is 5.78 Å². The molecule has 0 aromatic heterocycles. The van der Waals surface area contributed by atoms with E-state index in [1.807, 2.05) is 18.2 Å². The summed E-state index contributed by atoms with van der Waals surface area (Å²) in [5.41, 5.74) is 2.07. The summed E-state index contributed by atoms with van der Waals surface area (Å²) in [6.07, 6.45) is 4.28. The Morgan fingerprint density at radius 3 is 2.67 bits per heavy atom. The van der Waals surface area contributed by atoms with E-state index in [2.05, 4.69) is 19.1 Å². The van der Waals surface area contributed by atoms with Gasteiger partial charge in [0.05, 0.1) is 6.61 Å². The summed E-state index contributed by atoms with van der Waals surface area (Å²) in [6.45, 7) is 2.87. The molecule has 1 aromatic carbocycles. The van der Waals surface area contributed by atoms with Gasteiger partial charge >= 0.3 is 0 Å². The van der Waals surface area contributed by atoms with Crippen molar-refractivity contribution in [3.63, 3.8) is 0 Å². The molecule has 2 heteroatoms. The standard InChI is InChI=1S/C16H20O2/c1-2-3-11-18-16-10-9-15(17)14(16)12-13-7-5-4-6-8-13/h4-8H,2-3,9-12H2,1H3. The van der Waals surface area contributed by atoms with Crippen LogP contribution in [0.15, 0.2) is 41.7 Å². The van der Waals surface area contributed by atoms with E-state index in [0.717, 1.165) is 37.2 Å². The van der Waals surface area contributed by atoms with Gasteiger partial charge in [-0.1, -0.05) is 43.7 Å². The molecule has 96 valence electrons. The second-order valence-electron chi connectivity index (χ2n) is 4.69. The smallest absolute Gasteiger partial charge is 0.162 e. The van der Waals surface area contributed by atoms with Crippen molar-refractivity contribution >= 4 is 5.78 Å². The first-order valence-corrected chi connectivity index (χ1v) is 6.73. The van der Waals surface area contributed by atoms with Gasteiger partial charge in [0.25, 0.3) is 0 Å². The largest absolute Gasteiger partial charge is 0.497 e. The van der Waals surface area contributed by atoms with Crippen LogP contribution in [0.5, 0.6) is 0 Å². The van der Waals surface area contributed by atoms with E-state index in [4.69, 9.17) is 4.74 Å². The second-order valence-corrected chi connectivity index (χ2v) is 4.69. The van der Waals surface area contributed by atoms with Crippen LogP contribution >= 0.6 is 0 Å². The molecule has 18 heavy (non-hydrogen) atoms. The molecule has 0 amide bonds. The fourth-order valence-corrected chi connectivity index (χ4v) is 2.18. The molecule has 0 fully saturated rings. The van der Waals surface area contributed by atoms with Crippen molar-refractivity contribution in [2.24, 2.45) is 0 Å². The minimum atomic E-state index is 0.255. The molecule has 0 atom stereocenters. The zero-order valence-electron chi connectivity index (χ0n) is 10.9. The van der Waals surface area contributed by atoms with E-state index in [-0.39, 0.29) is 5.78 Å².